The third-order valence-electron chi connectivity index (χ3n) is 9.38. The lowest BCUT2D eigenvalue weighted by Crippen LogP contribution is -2.49. The Labute approximate surface area is 259 Å². The van der Waals surface area contributed by atoms with E-state index in [0.29, 0.717) is 0 Å². The van der Waals surface area contributed by atoms with Crippen molar-refractivity contribution in [3.8, 4) is 11.5 Å². The summed E-state index contributed by atoms with van der Waals surface area (Å²) in [4.78, 5) is 12.6. The molecular formula is C38H40N4O2. The lowest BCUT2D eigenvalue weighted by atomic mass is 9.92. The number of benzene rings is 4. The summed E-state index contributed by atoms with van der Waals surface area (Å²) < 4.78 is 11.0. The zero-order chi connectivity index (χ0) is 30.2. The van der Waals surface area contributed by atoms with E-state index in [9.17, 15) is 0 Å². The SMILES string of the molecule is COc1ccc([C@@H](c2c(C)[nH]c3ccccc23)N2CCN([C@@H](c3ccc(OC)cc3)c3c(C)[nH]c4ccccc34)CC2)cc1. The molecule has 4 aromatic carbocycles. The van der Waals surface area contributed by atoms with Crippen LogP contribution in [0.2, 0.25) is 0 Å². The van der Waals surface area contributed by atoms with Crippen molar-refractivity contribution in [1.29, 1.82) is 0 Å². The van der Waals surface area contributed by atoms with Crippen LogP contribution >= 0.6 is 0 Å². The molecule has 2 atom stereocenters. The highest BCUT2D eigenvalue weighted by molar-refractivity contribution is 5.86. The van der Waals surface area contributed by atoms with E-state index < -0.39 is 0 Å². The van der Waals surface area contributed by atoms with Crippen molar-refractivity contribution in [3.63, 3.8) is 0 Å². The second-order valence-electron chi connectivity index (χ2n) is 11.8. The number of aromatic amines is 2. The highest BCUT2D eigenvalue weighted by atomic mass is 16.5. The summed E-state index contributed by atoms with van der Waals surface area (Å²) in [6.07, 6.45) is 0. The fraction of sp³-hybridized carbons (Fsp3) is 0.263. The second-order valence-corrected chi connectivity index (χ2v) is 11.8. The van der Waals surface area contributed by atoms with Crippen LogP contribution in [0.15, 0.2) is 97.1 Å². The molecule has 0 aliphatic carbocycles. The van der Waals surface area contributed by atoms with Crippen molar-refractivity contribution >= 4 is 21.8 Å². The largest absolute Gasteiger partial charge is 0.497 e. The van der Waals surface area contributed by atoms with Gasteiger partial charge in [0.25, 0.3) is 0 Å². The number of nitrogens with zero attached hydrogens (tertiary/aromatic N) is 2. The van der Waals surface area contributed by atoms with Gasteiger partial charge >= 0.3 is 0 Å². The number of fused-ring (bicyclic) bond motifs is 2. The maximum atomic E-state index is 5.51. The standard InChI is InChI=1S/C38H40N4O2/c1-25-35(31-9-5-7-11-33(31)39-25)37(27-13-17-29(43-3)18-14-27)41-21-23-42(24-22-41)38(28-15-19-30(44-4)20-16-28)36-26(2)40-34-12-8-6-10-32(34)36/h5-20,37-40H,21-24H2,1-4H3/t37-,38-/m0/s1. The van der Waals surface area contributed by atoms with Crippen molar-refractivity contribution in [2.45, 2.75) is 25.9 Å². The maximum Gasteiger partial charge on any atom is 0.118 e. The van der Waals surface area contributed by atoms with Crippen molar-refractivity contribution in [2.24, 2.45) is 0 Å². The number of methoxy groups -OCH3 is 2. The summed E-state index contributed by atoms with van der Waals surface area (Å²) in [6, 6.07) is 34.9. The molecule has 224 valence electrons. The lowest BCUT2D eigenvalue weighted by Gasteiger charge is -2.43. The Morgan fingerprint density at radius 2 is 0.886 bits per heavy atom. The number of hydrogen-bond donors (Lipinski definition) is 2. The third-order valence-corrected chi connectivity index (χ3v) is 9.38. The van der Waals surface area contributed by atoms with E-state index in [1.807, 2.05) is 0 Å². The summed E-state index contributed by atoms with van der Waals surface area (Å²) in [5.74, 6) is 1.76. The Kier molecular flexibility index (Phi) is 7.62. The van der Waals surface area contributed by atoms with E-state index in [2.05, 4.69) is 131 Å². The fourth-order valence-corrected chi connectivity index (χ4v) is 7.25. The van der Waals surface area contributed by atoms with Crippen LogP contribution in [-0.4, -0.2) is 60.2 Å². The first-order chi connectivity index (χ1) is 21.6. The lowest BCUT2D eigenvalue weighted by molar-refractivity contribution is 0.0902. The van der Waals surface area contributed by atoms with Crippen LogP contribution in [0.1, 0.15) is 45.7 Å². The molecule has 1 aliphatic heterocycles. The average molecular weight is 585 g/mol. The Morgan fingerprint density at radius 3 is 1.25 bits per heavy atom. The van der Waals surface area contributed by atoms with Crippen LogP contribution in [-0.2, 0) is 0 Å². The predicted octanol–water partition coefficient (Wildman–Crippen LogP) is 7.78. The van der Waals surface area contributed by atoms with Crippen LogP contribution in [0.4, 0.5) is 0 Å². The van der Waals surface area contributed by atoms with Gasteiger partial charge in [-0.3, -0.25) is 9.80 Å². The second kappa shape index (κ2) is 11.9. The first kappa shape index (κ1) is 28.3. The third kappa shape index (κ3) is 5.04. The number of para-hydroxylation sites is 2. The number of aromatic nitrogens is 2. The summed E-state index contributed by atoms with van der Waals surface area (Å²) in [6.45, 7) is 8.21. The fourth-order valence-electron chi connectivity index (χ4n) is 7.25. The molecule has 0 unspecified atom stereocenters. The van der Waals surface area contributed by atoms with Crippen molar-refractivity contribution in [1.82, 2.24) is 19.8 Å². The molecular weight excluding hydrogens is 544 g/mol. The van der Waals surface area contributed by atoms with Gasteiger partial charge in [-0.15, -0.1) is 0 Å². The predicted molar refractivity (Wildman–Crippen MR) is 179 cm³/mol. The molecule has 0 bridgehead atoms. The van der Waals surface area contributed by atoms with Crippen LogP contribution < -0.4 is 9.47 Å². The van der Waals surface area contributed by atoms with Gasteiger partial charge in [-0.05, 0) is 61.4 Å². The van der Waals surface area contributed by atoms with Gasteiger partial charge in [-0.1, -0.05) is 60.7 Å². The van der Waals surface area contributed by atoms with Crippen LogP contribution in [0.5, 0.6) is 11.5 Å². The molecule has 3 heterocycles. The summed E-state index contributed by atoms with van der Waals surface area (Å²) >= 11 is 0. The average Bonchev–Trinajstić information content (AvgIpc) is 3.58. The number of hydrogen-bond acceptors (Lipinski definition) is 4. The summed E-state index contributed by atoms with van der Waals surface area (Å²) in [5.41, 5.74) is 10.1. The maximum absolute atomic E-state index is 5.51. The first-order valence-electron chi connectivity index (χ1n) is 15.5. The Hall–Kier alpha value is -4.52. The molecule has 0 amide bonds. The first-order valence-corrected chi connectivity index (χ1v) is 15.5. The minimum atomic E-state index is 0.133. The Morgan fingerprint density at radius 1 is 0.523 bits per heavy atom. The van der Waals surface area contributed by atoms with Gasteiger partial charge < -0.3 is 19.4 Å². The molecule has 7 rings (SSSR count). The van der Waals surface area contributed by atoms with Crippen LogP contribution in [0.25, 0.3) is 21.8 Å². The number of piperazine rings is 1. The molecule has 0 radical (unpaired) electrons. The van der Waals surface area contributed by atoms with E-state index in [1.54, 1.807) is 14.2 Å². The molecule has 6 heteroatoms. The number of H-pyrrole nitrogens is 2. The molecule has 2 N–H and O–H groups in total. The summed E-state index contributed by atoms with van der Waals surface area (Å²) in [7, 11) is 3.45. The highest BCUT2D eigenvalue weighted by Crippen LogP contribution is 2.40. The molecule has 0 saturated carbocycles. The highest BCUT2D eigenvalue weighted by Gasteiger charge is 2.34. The Bertz CT molecular complexity index is 1740. The normalized spacial score (nSPS) is 15.9. The van der Waals surface area contributed by atoms with E-state index in [-0.39, 0.29) is 12.1 Å². The Balaban J connectivity index is 1.26. The van der Waals surface area contributed by atoms with E-state index in [0.717, 1.165) is 37.7 Å². The van der Waals surface area contributed by atoms with Crippen molar-refractivity contribution in [3.05, 3.63) is 131 Å². The number of nitrogens with one attached hydrogen (secondary N) is 2. The minimum absolute atomic E-state index is 0.133. The van der Waals surface area contributed by atoms with Gasteiger partial charge in [0.15, 0.2) is 0 Å². The van der Waals surface area contributed by atoms with Gasteiger partial charge in [0.2, 0.25) is 0 Å². The number of ether oxygens (including phenoxy) is 2. The molecule has 1 saturated heterocycles. The van der Waals surface area contributed by atoms with E-state index in [1.165, 1.54) is 55.4 Å². The minimum Gasteiger partial charge on any atom is -0.497 e. The van der Waals surface area contributed by atoms with Gasteiger partial charge in [0.1, 0.15) is 11.5 Å². The smallest absolute Gasteiger partial charge is 0.118 e. The summed E-state index contributed by atoms with van der Waals surface area (Å²) in [5, 5.41) is 2.58. The van der Waals surface area contributed by atoms with Crippen molar-refractivity contribution < 1.29 is 9.47 Å². The van der Waals surface area contributed by atoms with Gasteiger partial charge in [0, 0.05) is 70.5 Å². The molecule has 0 spiro atoms. The zero-order valence-corrected chi connectivity index (χ0v) is 25.9. The van der Waals surface area contributed by atoms with E-state index in [4.69, 9.17) is 9.47 Å². The molecule has 1 fully saturated rings. The van der Waals surface area contributed by atoms with Crippen molar-refractivity contribution in [2.75, 3.05) is 40.4 Å². The molecule has 6 aromatic rings. The molecule has 44 heavy (non-hydrogen) atoms. The number of aryl methyl sites for hydroxylation is 2. The van der Waals surface area contributed by atoms with Crippen LogP contribution in [0, 0.1) is 13.8 Å². The monoisotopic (exact) mass is 584 g/mol. The zero-order valence-electron chi connectivity index (χ0n) is 25.9. The topological polar surface area (TPSA) is 56.5 Å². The molecule has 2 aromatic heterocycles. The van der Waals surface area contributed by atoms with Gasteiger partial charge in [-0.2, -0.15) is 0 Å². The quantitative estimate of drug-likeness (QED) is 0.192. The van der Waals surface area contributed by atoms with E-state index >= 15 is 0 Å². The molecule has 1 aliphatic rings. The van der Waals surface area contributed by atoms with Crippen LogP contribution in [0.3, 0.4) is 0 Å². The van der Waals surface area contributed by atoms with Gasteiger partial charge in [-0.25, -0.2) is 0 Å². The van der Waals surface area contributed by atoms with Gasteiger partial charge in [0.05, 0.1) is 26.3 Å². The molecule has 6 nitrogen and oxygen atoms in total. The number of rotatable bonds is 8.